The predicted molar refractivity (Wildman–Crippen MR) is 99.8 cm³/mol. The zero-order chi connectivity index (χ0) is 15.8. The van der Waals surface area contributed by atoms with Gasteiger partial charge in [0.05, 0.1) is 23.8 Å². The Kier molecular flexibility index (Phi) is 11.6. The molecule has 1 heterocycles. The molecule has 1 amide bonds. The molecule has 0 saturated carbocycles. The van der Waals surface area contributed by atoms with Gasteiger partial charge < -0.3 is 25.8 Å². The van der Waals surface area contributed by atoms with Crippen molar-refractivity contribution in [3.05, 3.63) is 34.9 Å². The number of ether oxygens (including phenoxy) is 1. The van der Waals surface area contributed by atoms with E-state index < -0.39 is 5.60 Å². The first-order valence-corrected chi connectivity index (χ1v) is 7.73. The van der Waals surface area contributed by atoms with Gasteiger partial charge in [-0.25, -0.2) is 0 Å². The highest BCUT2D eigenvalue weighted by Gasteiger charge is 2.28. The van der Waals surface area contributed by atoms with Crippen molar-refractivity contribution in [1.29, 1.82) is 0 Å². The molecule has 0 spiro atoms. The highest BCUT2D eigenvalue weighted by atomic mass is 35.5. The second-order valence-electron chi connectivity index (χ2n) is 5.37. The molecule has 1 saturated heterocycles. The fourth-order valence-corrected chi connectivity index (χ4v) is 2.44. The smallest absolute Gasteiger partial charge is 0.252 e. The first-order chi connectivity index (χ1) is 10.6. The van der Waals surface area contributed by atoms with Gasteiger partial charge >= 0.3 is 0 Å². The summed E-state index contributed by atoms with van der Waals surface area (Å²) in [5, 5.41) is 19.8. The minimum atomic E-state index is -0.913. The molecule has 1 aliphatic heterocycles. The van der Waals surface area contributed by atoms with Gasteiger partial charge in [-0.2, -0.15) is 0 Å². The van der Waals surface area contributed by atoms with Crippen LogP contribution in [0.4, 0.5) is 0 Å². The van der Waals surface area contributed by atoms with E-state index in [0.29, 0.717) is 50.0 Å². The van der Waals surface area contributed by atoms with Crippen molar-refractivity contribution in [2.24, 2.45) is 0 Å². The Hall–Kier alpha value is -0.600. The molecular formula is C15H24Cl3N3O3. The lowest BCUT2D eigenvalue weighted by Crippen LogP contribution is -2.51. The quantitative estimate of drug-likeness (QED) is 0.532. The van der Waals surface area contributed by atoms with Crippen LogP contribution in [0.25, 0.3) is 0 Å². The highest BCUT2D eigenvalue weighted by Crippen LogP contribution is 2.14. The number of halogens is 3. The van der Waals surface area contributed by atoms with Crippen molar-refractivity contribution >= 4 is 42.3 Å². The van der Waals surface area contributed by atoms with E-state index >= 15 is 0 Å². The van der Waals surface area contributed by atoms with E-state index in [-0.39, 0.29) is 30.7 Å². The molecular weight excluding hydrogens is 377 g/mol. The van der Waals surface area contributed by atoms with Gasteiger partial charge in [-0.05, 0) is 12.1 Å². The predicted octanol–water partition coefficient (Wildman–Crippen LogP) is 0.854. The Labute approximate surface area is 159 Å². The largest absolute Gasteiger partial charge is 0.385 e. The molecule has 1 unspecified atom stereocenters. The summed E-state index contributed by atoms with van der Waals surface area (Å²) in [6.07, 6.45) is 0. The summed E-state index contributed by atoms with van der Waals surface area (Å²) < 4.78 is 5.34. The molecule has 138 valence electrons. The van der Waals surface area contributed by atoms with Gasteiger partial charge in [0.25, 0.3) is 5.91 Å². The third-order valence-corrected chi connectivity index (χ3v) is 3.74. The van der Waals surface area contributed by atoms with Crippen LogP contribution in [0.5, 0.6) is 0 Å². The number of aliphatic hydroxyl groups is 1. The van der Waals surface area contributed by atoms with Crippen molar-refractivity contribution in [3.63, 3.8) is 0 Å². The summed E-state index contributed by atoms with van der Waals surface area (Å²) in [5.74, 6) is -0.203. The Morgan fingerprint density at radius 2 is 2.08 bits per heavy atom. The summed E-state index contributed by atoms with van der Waals surface area (Å²) in [6.45, 7) is 3.56. The highest BCUT2D eigenvalue weighted by molar-refractivity contribution is 6.33. The first kappa shape index (κ1) is 23.4. The number of hydrogen-bond donors (Lipinski definition) is 4. The summed E-state index contributed by atoms with van der Waals surface area (Å²) in [7, 11) is 0. The molecule has 0 bridgehead atoms. The van der Waals surface area contributed by atoms with E-state index in [1.54, 1.807) is 24.3 Å². The van der Waals surface area contributed by atoms with Gasteiger partial charge in [0.15, 0.2) is 0 Å². The second kappa shape index (κ2) is 11.9. The van der Waals surface area contributed by atoms with Crippen molar-refractivity contribution in [2.75, 3.05) is 45.9 Å². The molecule has 1 atom stereocenters. The SMILES string of the molecule is Cl.Cl.O=C(NCCNCC1(O)CNCCOC1)c1ccccc1Cl. The normalized spacial score (nSPS) is 20.2. The number of carbonyl (C=O) groups is 1. The van der Waals surface area contributed by atoms with Crippen molar-refractivity contribution < 1.29 is 14.6 Å². The molecule has 6 nitrogen and oxygen atoms in total. The number of amides is 1. The molecule has 1 aliphatic rings. The van der Waals surface area contributed by atoms with Crippen LogP contribution < -0.4 is 16.0 Å². The lowest BCUT2D eigenvalue weighted by molar-refractivity contribution is -0.0260. The van der Waals surface area contributed by atoms with E-state index in [2.05, 4.69) is 16.0 Å². The van der Waals surface area contributed by atoms with Gasteiger partial charge in [0.1, 0.15) is 5.60 Å². The minimum absolute atomic E-state index is 0. The van der Waals surface area contributed by atoms with Crippen molar-refractivity contribution in [3.8, 4) is 0 Å². The standard InChI is InChI=1S/C15H22ClN3O3.2ClH/c16-13-4-2-1-3-12(13)14(20)19-6-5-17-9-15(21)10-18-7-8-22-11-15;;/h1-4,17-18,21H,5-11H2,(H,19,20);2*1H. The zero-order valence-corrected chi connectivity index (χ0v) is 15.6. The summed E-state index contributed by atoms with van der Waals surface area (Å²) in [4.78, 5) is 11.9. The topological polar surface area (TPSA) is 82.6 Å². The number of β-amino-alcohol motifs (C(OH)–C–C–N with tert-alkyl or cyclic N) is 1. The van der Waals surface area contributed by atoms with Gasteiger partial charge in [-0.3, -0.25) is 4.79 Å². The first-order valence-electron chi connectivity index (χ1n) is 7.35. The minimum Gasteiger partial charge on any atom is -0.385 e. The lowest BCUT2D eigenvalue weighted by Gasteiger charge is -2.26. The van der Waals surface area contributed by atoms with E-state index in [0.717, 1.165) is 6.54 Å². The number of rotatable bonds is 6. The van der Waals surface area contributed by atoms with Crippen molar-refractivity contribution in [1.82, 2.24) is 16.0 Å². The molecule has 0 aliphatic carbocycles. The molecule has 0 radical (unpaired) electrons. The Morgan fingerprint density at radius 1 is 1.33 bits per heavy atom. The molecule has 1 aromatic rings. The summed E-state index contributed by atoms with van der Waals surface area (Å²) >= 11 is 5.96. The van der Waals surface area contributed by atoms with Crippen LogP contribution in [0.3, 0.4) is 0 Å². The summed E-state index contributed by atoms with van der Waals surface area (Å²) in [5.41, 5.74) is -0.451. The van der Waals surface area contributed by atoms with Crippen LogP contribution in [0, 0.1) is 0 Å². The van der Waals surface area contributed by atoms with E-state index in [4.69, 9.17) is 16.3 Å². The number of carbonyl (C=O) groups excluding carboxylic acids is 1. The maximum absolute atomic E-state index is 11.9. The van der Waals surface area contributed by atoms with E-state index in [9.17, 15) is 9.90 Å². The molecule has 1 fully saturated rings. The maximum atomic E-state index is 11.9. The fourth-order valence-electron chi connectivity index (χ4n) is 2.22. The third kappa shape index (κ3) is 7.53. The van der Waals surface area contributed by atoms with E-state index in [1.807, 2.05) is 0 Å². The maximum Gasteiger partial charge on any atom is 0.252 e. The van der Waals surface area contributed by atoms with Crippen LogP contribution in [-0.2, 0) is 4.74 Å². The van der Waals surface area contributed by atoms with Gasteiger partial charge in [0.2, 0.25) is 0 Å². The molecule has 24 heavy (non-hydrogen) atoms. The van der Waals surface area contributed by atoms with Gasteiger partial charge in [-0.15, -0.1) is 24.8 Å². The third-order valence-electron chi connectivity index (χ3n) is 3.41. The second-order valence-corrected chi connectivity index (χ2v) is 5.77. The average Bonchev–Trinajstić information content (AvgIpc) is 2.72. The molecule has 2 rings (SSSR count). The fraction of sp³-hybridized carbons (Fsp3) is 0.533. The molecule has 9 heteroatoms. The number of benzene rings is 1. The van der Waals surface area contributed by atoms with Crippen LogP contribution in [-0.4, -0.2) is 62.6 Å². The number of nitrogens with one attached hydrogen (secondary N) is 3. The van der Waals surface area contributed by atoms with E-state index in [1.165, 1.54) is 0 Å². The van der Waals surface area contributed by atoms with Crippen LogP contribution in [0.15, 0.2) is 24.3 Å². The Balaban J connectivity index is 0.00000264. The molecule has 0 aromatic heterocycles. The lowest BCUT2D eigenvalue weighted by atomic mass is 10.1. The molecule has 1 aromatic carbocycles. The summed E-state index contributed by atoms with van der Waals surface area (Å²) in [6, 6.07) is 6.92. The van der Waals surface area contributed by atoms with Crippen LogP contribution >= 0.6 is 36.4 Å². The van der Waals surface area contributed by atoms with Crippen LogP contribution in [0.1, 0.15) is 10.4 Å². The number of hydrogen-bond acceptors (Lipinski definition) is 5. The zero-order valence-electron chi connectivity index (χ0n) is 13.2. The van der Waals surface area contributed by atoms with Crippen molar-refractivity contribution in [2.45, 2.75) is 5.60 Å². The van der Waals surface area contributed by atoms with Gasteiger partial charge in [0, 0.05) is 32.7 Å². The molecule has 4 N–H and O–H groups in total. The average molecular weight is 401 g/mol. The van der Waals surface area contributed by atoms with Gasteiger partial charge in [-0.1, -0.05) is 23.7 Å². The van der Waals surface area contributed by atoms with Crippen LogP contribution in [0.2, 0.25) is 5.02 Å². The Morgan fingerprint density at radius 3 is 2.83 bits per heavy atom. The monoisotopic (exact) mass is 399 g/mol. The Bertz CT molecular complexity index is 498.